The standard InChI is InChI=1S/C25H25Cl2N3O2/c1-13-8-9-28-19(10-13)30-24(32)20-14(2)29-17-11-25(3,4)12-18(31)22(17)21(20)15-6-5-7-16(26)23(15)27/h5-10,20-21H,11-12H2,1-4H3,(H,28,30,32)/t20?,21-/m1/s1. The highest BCUT2D eigenvalue weighted by atomic mass is 35.5. The Morgan fingerprint density at radius 2 is 1.91 bits per heavy atom. The number of aliphatic imine (C=N–C) groups is 1. The molecule has 166 valence electrons. The Labute approximate surface area is 197 Å². The van der Waals surface area contributed by atoms with E-state index in [1.807, 2.05) is 26.0 Å². The van der Waals surface area contributed by atoms with Gasteiger partial charge in [0.25, 0.3) is 0 Å². The van der Waals surface area contributed by atoms with Crippen molar-refractivity contribution < 1.29 is 9.59 Å². The molecular weight excluding hydrogens is 445 g/mol. The predicted molar refractivity (Wildman–Crippen MR) is 128 cm³/mol. The first-order chi connectivity index (χ1) is 15.1. The number of nitrogens with one attached hydrogen (secondary N) is 1. The quantitative estimate of drug-likeness (QED) is 0.585. The Bertz CT molecular complexity index is 1180. The number of aryl methyl sites for hydroxylation is 1. The molecule has 5 nitrogen and oxygen atoms in total. The van der Waals surface area contributed by atoms with Gasteiger partial charge in [-0.3, -0.25) is 14.6 Å². The summed E-state index contributed by atoms with van der Waals surface area (Å²) in [5.74, 6) is -1.11. The van der Waals surface area contributed by atoms with Gasteiger partial charge >= 0.3 is 0 Å². The average Bonchev–Trinajstić information content (AvgIpc) is 2.68. The van der Waals surface area contributed by atoms with Gasteiger partial charge in [-0.15, -0.1) is 0 Å². The molecule has 2 aromatic rings. The van der Waals surface area contributed by atoms with Gasteiger partial charge in [-0.1, -0.05) is 49.2 Å². The lowest BCUT2D eigenvalue weighted by atomic mass is 9.66. The lowest BCUT2D eigenvalue weighted by Crippen LogP contribution is -2.41. The maximum Gasteiger partial charge on any atom is 0.235 e. The first-order valence-corrected chi connectivity index (χ1v) is 11.3. The molecule has 0 radical (unpaired) electrons. The van der Waals surface area contributed by atoms with E-state index in [0.717, 1.165) is 11.3 Å². The summed E-state index contributed by atoms with van der Waals surface area (Å²) in [4.78, 5) is 35.9. The van der Waals surface area contributed by atoms with Crippen molar-refractivity contribution in [3.8, 4) is 0 Å². The minimum absolute atomic E-state index is 0.0000210. The SMILES string of the molecule is CC1=NC2=C(C(=O)CC(C)(C)C2)[C@H](c2cccc(Cl)c2Cl)C1C(=O)Nc1cc(C)ccn1. The van der Waals surface area contributed by atoms with Crippen LogP contribution in [-0.2, 0) is 9.59 Å². The number of hydrogen-bond donors (Lipinski definition) is 1. The first-order valence-electron chi connectivity index (χ1n) is 10.6. The van der Waals surface area contributed by atoms with Crippen LogP contribution in [0.3, 0.4) is 0 Å². The largest absolute Gasteiger partial charge is 0.310 e. The Morgan fingerprint density at radius 3 is 2.62 bits per heavy atom. The number of amides is 1. The van der Waals surface area contributed by atoms with Gasteiger partial charge in [0.05, 0.1) is 16.0 Å². The maximum absolute atomic E-state index is 13.5. The van der Waals surface area contributed by atoms with E-state index in [4.69, 9.17) is 28.2 Å². The van der Waals surface area contributed by atoms with Gasteiger partial charge in [-0.05, 0) is 55.0 Å². The Kier molecular flexibility index (Phi) is 5.99. The molecule has 1 aliphatic heterocycles. The number of carbonyl (C=O) groups is 2. The van der Waals surface area contributed by atoms with Gasteiger partial charge in [0.1, 0.15) is 5.82 Å². The van der Waals surface area contributed by atoms with Crippen LogP contribution >= 0.6 is 23.2 Å². The molecule has 2 heterocycles. The van der Waals surface area contributed by atoms with Crippen LogP contribution in [0, 0.1) is 18.3 Å². The third kappa shape index (κ3) is 4.24. The zero-order chi connectivity index (χ0) is 23.2. The van der Waals surface area contributed by atoms with Gasteiger partial charge < -0.3 is 5.32 Å². The fourth-order valence-electron chi connectivity index (χ4n) is 4.69. The third-order valence-corrected chi connectivity index (χ3v) is 6.90. The molecular formula is C25H25Cl2N3O2. The van der Waals surface area contributed by atoms with E-state index in [0.29, 0.717) is 45.6 Å². The van der Waals surface area contributed by atoms with Crippen molar-refractivity contribution in [2.75, 3.05) is 5.32 Å². The Morgan fingerprint density at radius 1 is 1.16 bits per heavy atom. The average molecular weight is 470 g/mol. The van der Waals surface area contributed by atoms with E-state index >= 15 is 0 Å². The Hall–Kier alpha value is -2.50. The summed E-state index contributed by atoms with van der Waals surface area (Å²) >= 11 is 12.9. The minimum Gasteiger partial charge on any atom is -0.310 e. The highest BCUT2D eigenvalue weighted by Gasteiger charge is 2.46. The highest BCUT2D eigenvalue weighted by Crippen LogP contribution is 2.49. The second kappa shape index (κ2) is 8.45. The summed E-state index contributed by atoms with van der Waals surface area (Å²) in [6, 6.07) is 8.98. The predicted octanol–water partition coefficient (Wildman–Crippen LogP) is 6.15. The monoisotopic (exact) mass is 469 g/mol. The second-order valence-corrected chi connectivity index (χ2v) is 10.1. The molecule has 1 amide bonds. The van der Waals surface area contributed by atoms with E-state index < -0.39 is 11.8 Å². The number of nitrogens with zero attached hydrogens (tertiary/aromatic N) is 2. The van der Waals surface area contributed by atoms with Gasteiger partial charge in [0.2, 0.25) is 5.91 Å². The van der Waals surface area contributed by atoms with E-state index in [-0.39, 0.29) is 17.1 Å². The van der Waals surface area contributed by atoms with E-state index in [1.54, 1.807) is 24.4 Å². The van der Waals surface area contributed by atoms with Crippen LogP contribution < -0.4 is 5.32 Å². The molecule has 1 aromatic heterocycles. The summed E-state index contributed by atoms with van der Waals surface area (Å²) in [7, 11) is 0. The topological polar surface area (TPSA) is 71.4 Å². The number of anilines is 1. The van der Waals surface area contributed by atoms with Crippen molar-refractivity contribution in [1.29, 1.82) is 0 Å². The summed E-state index contributed by atoms with van der Waals surface area (Å²) < 4.78 is 0. The zero-order valence-electron chi connectivity index (χ0n) is 18.5. The van der Waals surface area contributed by atoms with Crippen LogP contribution in [-0.4, -0.2) is 22.4 Å². The zero-order valence-corrected chi connectivity index (χ0v) is 20.0. The van der Waals surface area contributed by atoms with Crippen molar-refractivity contribution in [1.82, 2.24) is 4.98 Å². The van der Waals surface area contributed by atoms with Crippen LogP contribution in [0.15, 0.2) is 52.8 Å². The normalized spacial score (nSPS) is 22.3. The van der Waals surface area contributed by atoms with Crippen LogP contribution in [0.25, 0.3) is 0 Å². The number of halogens is 2. The molecule has 0 saturated carbocycles. The minimum atomic E-state index is -0.711. The number of aromatic nitrogens is 1. The lowest BCUT2D eigenvalue weighted by molar-refractivity contribution is -0.119. The second-order valence-electron chi connectivity index (χ2n) is 9.36. The molecule has 1 N–H and O–H groups in total. The smallest absolute Gasteiger partial charge is 0.235 e. The molecule has 1 aliphatic carbocycles. The molecule has 0 spiro atoms. The van der Waals surface area contributed by atoms with E-state index in [2.05, 4.69) is 24.1 Å². The maximum atomic E-state index is 13.5. The molecule has 0 bridgehead atoms. The van der Waals surface area contributed by atoms with Crippen LogP contribution in [0.5, 0.6) is 0 Å². The van der Waals surface area contributed by atoms with Crippen molar-refractivity contribution in [2.24, 2.45) is 16.3 Å². The fraction of sp³-hybridized carbons (Fsp3) is 0.360. The number of carbonyl (C=O) groups excluding carboxylic acids is 2. The number of Topliss-reactive ketones (excluding diaryl/α,β-unsaturated/α-hetero) is 1. The van der Waals surface area contributed by atoms with Gasteiger partial charge in [0, 0.05) is 35.5 Å². The number of benzene rings is 1. The lowest BCUT2D eigenvalue weighted by Gasteiger charge is -2.39. The fourth-order valence-corrected chi connectivity index (χ4v) is 5.12. The van der Waals surface area contributed by atoms with Gasteiger partial charge in [-0.25, -0.2) is 4.98 Å². The number of hydrogen-bond acceptors (Lipinski definition) is 4. The van der Waals surface area contributed by atoms with Crippen molar-refractivity contribution in [2.45, 2.75) is 46.5 Å². The number of rotatable bonds is 3. The molecule has 2 atom stereocenters. The molecule has 2 aliphatic rings. The summed E-state index contributed by atoms with van der Waals surface area (Å²) in [6.45, 7) is 7.88. The third-order valence-electron chi connectivity index (χ3n) is 6.07. The van der Waals surface area contributed by atoms with Crippen molar-refractivity contribution >= 4 is 46.4 Å². The highest BCUT2D eigenvalue weighted by molar-refractivity contribution is 6.42. The molecule has 4 rings (SSSR count). The Balaban J connectivity index is 1.84. The molecule has 0 saturated heterocycles. The van der Waals surface area contributed by atoms with Crippen molar-refractivity contribution in [3.05, 3.63) is 69.0 Å². The molecule has 0 fully saturated rings. The van der Waals surface area contributed by atoms with E-state index in [1.165, 1.54) is 0 Å². The number of allylic oxidation sites excluding steroid dienone is 2. The summed E-state index contributed by atoms with van der Waals surface area (Å²) in [6.07, 6.45) is 2.70. The molecule has 1 aromatic carbocycles. The van der Waals surface area contributed by atoms with Gasteiger partial charge in [-0.2, -0.15) is 0 Å². The number of ketones is 1. The van der Waals surface area contributed by atoms with E-state index in [9.17, 15) is 9.59 Å². The van der Waals surface area contributed by atoms with Crippen molar-refractivity contribution in [3.63, 3.8) is 0 Å². The van der Waals surface area contributed by atoms with Crippen LogP contribution in [0.4, 0.5) is 5.82 Å². The first kappa shape index (κ1) is 22.7. The molecule has 7 heteroatoms. The molecule has 1 unspecified atom stereocenters. The number of pyridine rings is 1. The summed E-state index contributed by atoms with van der Waals surface area (Å²) in [5.41, 5.74) is 3.39. The van der Waals surface area contributed by atoms with Crippen LogP contribution in [0.2, 0.25) is 10.0 Å². The van der Waals surface area contributed by atoms with Gasteiger partial charge in [0.15, 0.2) is 5.78 Å². The van der Waals surface area contributed by atoms with Crippen LogP contribution in [0.1, 0.15) is 50.7 Å². The molecule has 32 heavy (non-hydrogen) atoms. The summed E-state index contributed by atoms with van der Waals surface area (Å²) in [5, 5.41) is 3.64.